The number of carbonyl (C=O) groups is 1. The molecule has 0 fully saturated rings. The van der Waals surface area contributed by atoms with Gasteiger partial charge in [-0.05, 0) is 54.4 Å². The smallest absolute Gasteiger partial charge is 0.267 e. The van der Waals surface area contributed by atoms with E-state index in [4.69, 9.17) is 11.6 Å². The van der Waals surface area contributed by atoms with Crippen molar-refractivity contribution in [2.24, 2.45) is 0 Å². The van der Waals surface area contributed by atoms with Crippen LogP contribution in [0.3, 0.4) is 0 Å². The number of aromatic nitrogens is 4. The molecule has 1 aromatic carbocycles. The molecule has 3 aromatic heterocycles. The molecule has 0 atom stereocenters. The predicted molar refractivity (Wildman–Crippen MR) is 130 cm³/mol. The third kappa shape index (κ3) is 4.47. The Balaban J connectivity index is 1.52. The Bertz CT molecular complexity index is 1340. The number of phenolic OH excluding ortho intramolecular Hbond substituents is 1. The average molecular weight is 534 g/mol. The van der Waals surface area contributed by atoms with Crippen molar-refractivity contribution in [1.29, 1.82) is 0 Å². The van der Waals surface area contributed by atoms with Crippen LogP contribution < -0.4 is 10.6 Å². The summed E-state index contributed by atoms with van der Waals surface area (Å²) in [6, 6.07) is 5.11. The molecule has 4 aromatic rings. The Morgan fingerprint density at radius 2 is 1.97 bits per heavy atom. The highest BCUT2D eigenvalue weighted by Crippen LogP contribution is 2.30. The van der Waals surface area contributed by atoms with E-state index >= 15 is 0 Å². The number of rotatable bonds is 5. The third-order valence-electron chi connectivity index (χ3n) is 4.74. The summed E-state index contributed by atoms with van der Waals surface area (Å²) in [6.45, 7) is 5.53. The molecular weight excluding hydrogens is 516 g/mol. The topological polar surface area (TPSA) is 105 Å². The summed E-state index contributed by atoms with van der Waals surface area (Å²) in [5, 5.41) is 21.5. The van der Waals surface area contributed by atoms with E-state index in [1.165, 1.54) is 17.5 Å². The zero-order valence-corrected chi connectivity index (χ0v) is 20.4. The van der Waals surface area contributed by atoms with Gasteiger partial charge in [0.25, 0.3) is 5.91 Å². The number of aryl methyl sites for hydroxylation is 2. The van der Waals surface area contributed by atoms with Gasteiger partial charge in [-0.3, -0.25) is 4.79 Å². The van der Waals surface area contributed by atoms with E-state index in [1.54, 1.807) is 36.0 Å². The quantitative estimate of drug-likeness (QED) is 0.301. The third-order valence-corrected chi connectivity index (χ3v) is 6.44. The molecule has 0 unspecified atom stereocenters. The number of carbonyl (C=O) groups excluding carboxylic acids is 1. The second-order valence-corrected chi connectivity index (χ2v) is 9.40. The Morgan fingerprint density at radius 1 is 1.19 bits per heavy atom. The molecule has 0 saturated heterocycles. The minimum absolute atomic E-state index is 0.130. The maximum Gasteiger partial charge on any atom is 0.267 e. The lowest BCUT2D eigenvalue weighted by Gasteiger charge is -2.11. The van der Waals surface area contributed by atoms with Gasteiger partial charge in [0.15, 0.2) is 16.8 Å². The van der Waals surface area contributed by atoms with Crippen LogP contribution in [-0.2, 0) is 0 Å². The first-order chi connectivity index (χ1) is 15.2. The van der Waals surface area contributed by atoms with E-state index in [1.807, 2.05) is 20.0 Å². The van der Waals surface area contributed by atoms with Gasteiger partial charge in [-0.25, -0.2) is 14.6 Å². The summed E-state index contributed by atoms with van der Waals surface area (Å²) in [6.07, 6.45) is 4.88. The molecule has 4 rings (SSSR count). The van der Waals surface area contributed by atoms with Crippen molar-refractivity contribution in [2.75, 3.05) is 10.6 Å². The molecule has 1 amide bonds. The van der Waals surface area contributed by atoms with Crippen LogP contribution in [0.5, 0.6) is 5.75 Å². The predicted octanol–water partition coefficient (Wildman–Crippen LogP) is 5.77. The minimum atomic E-state index is -0.302. The molecule has 0 bridgehead atoms. The molecule has 0 spiro atoms. The van der Waals surface area contributed by atoms with Gasteiger partial charge >= 0.3 is 0 Å². The number of pyridine rings is 1. The van der Waals surface area contributed by atoms with Gasteiger partial charge in [-0.1, -0.05) is 29.0 Å². The van der Waals surface area contributed by atoms with Gasteiger partial charge in [0.1, 0.15) is 10.6 Å². The number of nitrogens with one attached hydrogen (secondary N) is 2. The van der Waals surface area contributed by atoms with E-state index in [-0.39, 0.29) is 11.7 Å². The molecule has 0 saturated carbocycles. The molecule has 32 heavy (non-hydrogen) atoms. The lowest BCUT2D eigenvalue weighted by molar-refractivity contribution is 0.103. The number of hydrogen-bond acceptors (Lipinski definition) is 7. The molecule has 0 radical (unpaired) electrons. The normalized spacial score (nSPS) is 10.9. The molecule has 11 heteroatoms. The number of anilines is 3. The molecule has 0 aliphatic heterocycles. The number of hydrogen-bond donors (Lipinski definition) is 3. The van der Waals surface area contributed by atoms with Crippen LogP contribution in [0.25, 0.3) is 5.82 Å². The van der Waals surface area contributed by atoms with Gasteiger partial charge in [-0.15, -0.1) is 5.10 Å². The summed E-state index contributed by atoms with van der Waals surface area (Å²) in [5.41, 5.74) is 2.94. The Kier molecular flexibility index (Phi) is 6.18. The molecule has 3 N–H and O–H groups in total. The first-order valence-electron chi connectivity index (χ1n) is 9.44. The van der Waals surface area contributed by atoms with Crippen molar-refractivity contribution >= 4 is 61.4 Å². The van der Waals surface area contributed by atoms with Crippen molar-refractivity contribution in [2.45, 2.75) is 20.8 Å². The van der Waals surface area contributed by atoms with Gasteiger partial charge in [-0.2, -0.15) is 0 Å². The number of halogens is 2. The maximum absolute atomic E-state index is 12.7. The number of benzene rings is 1. The summed E-state index contributed by atoms with van der Waals surface area (Å²) in [5.74, 6) is 1.02. The number of thiazole rings is 1. The fourth-order valence-electron chi connectivity index (χ4n) is 3.01. The van der Waals surface area contributed by atoms with Crippen LogP contribution >= 0.6 is 38.9 Å². The van der Waals surface area contributed by atoms with Crippen molar-refractivity contribution in [3.05, 3.63) is 67.9 Å². The molecule has 164 valence electrons. The number of aromatic hydroxyl groups is 1. The number of amides is 1. The fourth-order valence-corrected chi connectivity index (χ4v) is 4.54. The molecule has 3 heterocycles. The van der Waals surface area contributed by atoms with Crippen molar-refractivity contribution < 1.29 is 9.90 Å². The monoisotopic (exact) mass is 532 g/mol. The second-order valence-electron chi connectivity index (χ2n) is 7.07. The Hall–Kier alpha value is -2.95. The zero-order chi connectivity index (χ0) is 23.0. The SMILES string of the molecule is Cc1cn(-c2ncc(Cl)cc2Br)nc1Nc1ncc(C(=O)Nc2c(C)ccc(O)c2C)s1. The van der Waals surface area contributed by atoms with Crippen LogP contribution in [0.15, 0.2) is 41.3 Å². The van der Waals surface area contributed by atoms with Crippen LogP contribution in [0.1, 0.15) is 26.4 Å². The van der Waals surface area contributed by atoms with Gasteiger partial charge in [0.05, 0.1) is 21.4 Å². The second kappa shape index (κ2) is 8.89. The zero-order valence-electron chi connectivity index (χ0n) is 17.3. The minimum Gasteiger partial charge on any atom is -0.508 e. The van der Waals surface area contributed by atoms with Gasteiger partial charge in [0, 0.05) is 23.5 Å². The van der Waals surface area contributed by atoms with E-state index in [0.717, 1.165) is 11.1 Å². The molecular formula is C21H18BrClN6O2S. The number of phenols is 1. The summed E-state index contributed by atoms with van der Waals surface area (Å²) in [4.78, 5) is 21.7. The lowest BCUT2D eigenvalue weighted by atomic mass is 10.1. The van der Waals surface area contributed by atoms with E-state index in [9.17, 15) is 9.90 Å². The van der Waals surface area contributed by atoms with E-state index < -0.39 is 0 Å². The number of nitrogens with zero attached hydrogens (tertiary/aromatic N) is 4. The standard InChI is InChI=1S/C21H18BrClN6O2S/c1-10-4-5-15(30)12(3)17(10)26-20(31)16-8-25-21(32-16)27-18-11(2)9-29(28-18)19-14(22)6-13(23)7-24-19/h4-9,30H,1-3H3,(H,26,31)(H,25,27,28). The summed E-state index contributed by atoms with van der Waals surface area (Å²) >= 11 is 10.6. The Morgan fingerprint density at radius 3 is 2.72 bits per heavy atom. The lowest BCUT2D eigenvalue weighted by Crippen LogP contribution is -2.12. The highest BCUT2D eigenvalue weighted by molar-refractivity contribution is 9.10. The van der Waals surface area contributed by atoms with Crippen molar-refractivity contribution in [3.8, 4) is 11.6 Å². The maximum atomic E-state index is 12.7. The van der Waals surface area contributed by atoms with E-state index in [2.05, 4.69) is 41.6 Å². The largest absolute Gasteiger partial charge is 0.508 e. The van der Waals surface area contributed by atoms with E-state index in [0.29, 0.717) is 42.4 Å². The molecule has 0 aliphatic rings. The molecule has 0 aliphatic carbocycles. The van der Waals surface area contributed by atoms with Crippen molar-refractivity contribution in [1.82, 2.24) is 19.7 Å². The summed E-state index contributed by atoms with van der Waals surface area (Å²) < 4.78 is 2.34. The van der Waals surface area contributed by atoms with Crippen LogP contribution in [0, 0.1) is 20.8 Å². The summed E-state index contributed by atoms with van der Waals surface area (Å²) in [7, 11) is 0. The van der Waals surface area contributed by atoms with Crippen LogP contribution in [-0.4, -0.2) is 30.8 Å². The first kappa shape index (κ1) is 22.3. The Labute approximate surface area is 201 Å². The van der Waals surface area contributed by atoms with Gasteiger partial charge < -0.3 is 15.7 Å². The van der Waals surface area contributed by atoms with Crippen LogP contribution in [0.2, 0.25) is 5.02 Å². The first-order valence-corrected chi connectivity index (χ1v) is 11.4. The van der Waals surface area contributed by atoms with Gasteiger partial charge in [0.2, 0.25) is 0 Å². The molecule has 8 nitrogen and oxygen atoms in total. The average Bonchev–Trinajstić information content (AvgIpc) is 3.35. The fraction of sp³-hybridized carbons (Fsp3) is 0.143. The van der Waals surface area contributed by atoms with Crippen LogP contribution in [0.4, 0.5) is 16.6 Å². The highest BCUT2D eigenvalue weighted by atomic mass is 79.9. The van der Waals surface area contributed by atoms with Crippen molar-refractivity contribution in [3.63, 3.8) is 0 Å². The highest BCUT2D eigenvalue weighted by Gasteiger charge is 2.16.